The number of carbonyl (C=O) groups excluding carboxylic acids is 1. The zero-order chi connectivity index (χ0) is 15.4. The average Bonchev–Trinajstić information content (AvgIpc) is 2.78. The molecule has 0 aliphatic heterocycles. The molecule has 0 radical (unpaired) electrons. The van der Waals surface area contributed by atoms with Crippen LogP contribution in [0.15, 0.2) is 16.2 Å². The van der Waals surface area contributed by atoms with Crippen LogP contribution in [0.25, 0.3) is 10.2 Å². The highest BCUT2D eigenvalue weighted by atomic mass is 35.5. The van der Waals surface area contributed by atoms with Gasteiger partial charge in [0.2, 0.25) is 5.91 Å². The summed E-state index contributed by atoms with van der Waals surface area (Å²) in [7, 11) is 1.65. The molecule has 112 valence electrons. The van der Waals surface area contributed by atoms with Gasteiger partial charge in [0.05, 0.1) is 17.5 Å². The largest absolute Gasteiger partial charge is 0.338 e. The van der Waals surface area contributed by atoms with E-state index in [4.69, 9.17) is 23.2 Å². The Morgan fingerprint density at radius 2 is 2.24 bits per heavy atom. The highest BCUT2D eigenvalue weighted by Gasteiger charge is 2.68. The third-order valence-electron chi connectivity index (χ3n) is 3.83. The number of carbonyl (C=O) groups is 1. The second kappa shape index (κ2) is 4.69. The molecule has 1 amide bonds. The summed E-state index contributed by atoms with van der Waals surface area (Å²) in [5, 5.41) is 1.81. The van der Waals surface area contributed by atoms with Crippen molar-refractivity contribution in [2.45, 2.75) is 24.2 Å². The van der Waals surface area contributed by atoms with E-state index in [-0.39, 0.29) is 18.0 Å². The molecule has 1 saturated carbocycles. The number of halogens is 2. The summed E-state index contributed by atoms with van der Waals surface area (Å²) in [5.41, 5.74) is -0.314. The van der Waals surface area contributed by atoms with E-state index in [9.17, 15) is 9.59 Å². The summed E-state index contributed by atoms with van der Waals surface area (Å²) in [4.78, 5) is 32.8. The van der Waals surface area contributed by atoms with Gasteiger partial charge in [-0.1, -0.05) is 0 Å². The van der Waals surface area contributed by atoms with Gasteiger partial charge in [0.15, 0.2) is 0 Å². The maximum Gasteiger partial charge on any atom is 0.268 e. The van der Waals surface area contributed by atoms with E-state index in [1.165, 1.54) is 16.2 Å². The number of hydrogen-bond acceptors (Lipinski definition) is 4. The van der Waals surface area contributed by atoms with E-state index in [2.05, 4.69) is 9.97 Å². The van der Waals surface area contributed by atoms with Crippen LogP contribution in [-0.2, 0) is 11.3 Å². The van der Waals surface area contributed by atoms with Gasteiger partial charge in [-0.3, -0.25) is 9.59 Å². The minimum absolute atomic E-state index is 0.152. The SMILES string of the molecule is CN(Cc1nc2ccsc2c(=O)[nH]1)C(=O)C1(C)CC1(Cl)Cl. The first-order valence-corrected chi connectivity index (χ1v) is 7.98. The van der Waals surface area contributed by atoms with Gasteiger partial charge in [0.25, 0.3) is 5.56 Å². The van der Waals surface area contributed by atoms with Crippen molar-refractivity contribution in [1.29, 1.82) is 0 Å². The summed E-state index contributed by atoms with van der Waals surface area (Å²) >= 11 is 13.4. The molecular formula is C13H13Cl2N3O2S. The highest BCUT2D eigenvalue weighted by molar-refractivity contribution is 7.17. The van der Waals surface area contributed by atoms with Crippen LogP contribution in [0.3, 0.4) is 0 Å². The van der Waals surface area contributed by atoms with Crippen LogP contribution < -0.4 is 5.56 Å². The van der Waals surface area contributed by atoms with E-state index in [0.29, 0.717) is 22.5 Å². The molecular weight excluding hydrogens is 333 g/mol. The molecule has 0 spiro atoms. The Morgan fingerprint density at radius 1 is 1.57 bits per heavy atom. The summed E-state index contributed by atoms with van der Waals surface area (Å²) in [6, 6.07) is 1.78. The summed E-state index contributed by atoms with van der Waals surface area (Å²) in [6.07, 6.45) is 0.430. The van der Waals surface area contributed by atoms with Gasteiger partial charge in [0.1, 0.15) is 14.9 Å². The quantitative estimate of drug-likeness (QED) is 0.869. The Hall–Kier alpha value is -1.11. The Bertz CT molecular complexity index is 785. The molecule has 2 aromatic rings. The summed E-state index contributed by atoms with van der Waals surface area (Å²) in [5.74, 6) is 0.293. The zero-order valence-corrected chi connectivity index (χ0v) is 13.8. The number of aromatic amines is 1. The van der Waals surface area contributed by atoms with Crippen molar-refractivity contribution in [1.82, 2.24) is 14.9 Å². The molecule has 5 nitrogen and oxygen atoms in total. The third kappa shape index (κ3) is 2.35. The maximum atomic E-state index is 12.4. The summed E-state index contributed by atoms with van der Waals surface area (Å²) in [6.45, 7) is 1.95. The summed E-state index contributed by atoms with van der Waals surface area (Å²) < 4.78 is -0.418. The van der Waals surface area contributed by atoms with Crippen molar-refractivity contribution in [3.63, 3.8) is 0 Å². The van der Waals surface area contributed by atoms with Gasteiger partial charge in [0, 0.05) is 7.05 Å². The minimum atomic E-state index is -1.00. The smallest absolute Gasteiger partial charge is 0.268 e. The standard InChI is InChI=1S/C13H13Cl2N3O2S/c1-12(6-13(12,14)15)11(20)18(2)5-8-16-7-3-4-21-9(7)10(19)17-8/h3-4H,5-6H2,1-2H3,(H,16,17,19). The predicted octanol–water partition coefficient (Wildman–Crippen LogP) is 2.53. The number of nitrogens with one attached hydrogen (secondary N) is 1. The fourth-order valence-corrected chi connectivity index (χ4v) is 3.77. The van der Waals surface area contributed by atoms with Crippen LogP contribution in [0, 0.1) is 5.41 Å². The molecule has 1 N–H and O–H groups in total. The molecule has 21 heavy (non-hydrogen) atoms. The normalized spacial score (nSPS) is 23.2. The van der Waals surface area contributed by atoms with Crippen molar-refractivity contribution in [2.75, 3.05) is 7.05 Å². The first-order chi connectivity index (χ1) is 9.74. The van der Waals surface area contributed by atoms with E-state index in [0.717, 1.165) is 0 Å². The van der Waals surface area contributed by atoms with Gasteiger partial charge in [-0.2, -0.15) is 0 Å². The molecule has 2 aromatic heterocycles. The Kier molecular flexibility index (Phi) is 3.31. The predicted molar refractivity (Wildman–Crippen MR) is 83.9 cm³/mol. The van der Waals surface area contributed by atoms with Gasteiger partial charge in [-0.05, 0) is 24.8 Å². The Labute approximate surface area is 134 Å². The topological polar surface area (TPSA) is 66.1 Å². The first kappa shape index (κ1) is 14.8. The van der Waals surface area contributed by atoms with Gasteiger partial charge >= 0.3 is 0 Å². The van der Waals surface area contributed by atoms with Crippen LogP contribution in [-0.4, -0.2) is 32.2 Å². The van der Waals surface area contributed by atoms with E-state index in [1.54, 1.807) is 20.0 Å². The minimum Gasteiger partial charge on any atom is -0.338 e. The average molecular weight is 346 g/mol. The number of rotatable bonds is 3. The number of fused-ring (bicyclic) bond motifs is 1. The zero-order valence-electron chi connectivity index (χ0n) is 11.4. The molecule has 0 saturated heterocycles. The number of aromatic nitrogens is 2. The molecule has 8 heteroatoms. The van der Waals surface area contributed by atoms with Crippen LogP contribution >= 0.6 is 34.5 Å². The van der Waals surface area contributed by atoms with Crippen molar-refractivity contribution in [3.05, 3.63) is 27.6 Å². The molecule has 2 heterocycles. The van der Waals surface area contributed by atoms with E-state index in [1.807, 2.05) is 5.38 Å². The molecule has 3 rings (SSSR count). The van der Waals surface area contributed by atoms with Crippen LogP contribution in [0.5, 0.6) is 0 Å². The van der Waals surface area contributed by atoms with Crippen molar-refractivity contribution in [2.24, 2.45) is 5.41 Å². The number of hydrogen-bond donors (Lipinski definition) is 1. The van der Waals surface area contributed by atoms with Gasteiger partial charge < -0.3 is 9.88 Å². The number of nitrogens with zero attached hydrogens (tertiary/aromatic N) is 2. The number of thiophene rings is 1. The lowest BCUT2D eigenvalue weighted by atomic mass is 10.1. The second-order valence-electron chi connectivity index (χ2n) is 5.52. The maximum absolute atomic E-state index is 12.4. The highest BCUT2D eigenvalue weighted by Crippen LogP contribution is 2.64. The number of alkyl halides is 2. The fourth-order valence-electron chi connectivity index (χ4n) is 2.35. The first-order valence-electron chi connectivity index (χ1n) is 6.34. The van der Waals surface area contributed by atoms with Crippen LogP contribution in [0.4, 0.5) is 0 Å². The van der Waals surface area contributed by atoms with Crippen LogP contribution in [0.1, 0.15) is 19.2 Å². The lowest BCUT2D eigenvalue weighted by Gasteiger charge is -2.21. The van der Waals surface area contributed by atoms with Gasteiger partial charge in [-0.15, -0.1) is 34.5 Å². The lowest BCUT2D eigenvalue weighted by Crippen LogP contribution is -2.35. The van der Waals surface area contributed by atoms with Crippen LogP contribution in [0.2, 0.25) is 0 Å². The van der Waals surface area contributed by atoms with E-state index >= 15 is 0 Å². The molecule has 1 aliphatic carbocycles. The van der Waals surface area contributed by atoms with Crippen molar-refractivity contribution in [3.8, 4) is 0 Å². The van der Waals surface area contributed by atoms with Gasteiger partial charge in [-0.25, -0.2) is 4.98 Å². The van der Waals surface area contributed by atoms with E-state index < -0.39 is 9.75 Å². The number of H-pyrrole nitrogens is 1. The van der Waals surface area contributed by atoms with Crippen molar-refractivity contribution >= 4 is 50.7 Å². The second-order valence-corrected chi connectivity index (χ2v) is 7.92. The fraction of sp³-hybridized carbons (Fsp3) is 0.462. The molecule has 0 aromatic carbocycles. The third-order valence-corrected chi connectivity index (χ3v) is 5.83. The van der Waals surface area contributed by atoms with Crippen molar-refractivity contribution < 1.29 is 4.79 Å². The molecule has 1 aliphatic rings. The lowest BCUT2D eigenvalue weighted by molar-refractivity contribution is -0.135. The monoisotopic (exact) mass is 345 g/mol. The molecule has 1 fully saturated rings. The molecule has 0 bridgehead atoms. The molecule has 1 unspecified atom stereocenters. The molecule has 1 atom stereocenters. The number of amides is 1. The Morgan fingerprint density at radius 3 is 2.86 bits per heavy atom. The Balaban J connectivity index is 1.82.